The minimum absolute atomic E-state index is 1.02. The van der Waals surface area contributed by atoms with E-state index in [0.29, 0.717) is 0 Å². The minimum atomic E-state index is 1.02. The summed E-state index contributed by atoms with van der Waals surface area (Å²) in [6.07, 6.45) is 0. The Balaban J connectivity index is 3.14. The third-order valence-corrected chi connectivity index (χ3v) is 2.52. The molecular formula is C9H11Se. The van der Waals surface area contributed by atoms with E-state index < -0.39 is 0 Å². The second kappa shape index (κ2) is 3.23. The first kappa shape index (κ1) is 7.84. The Morgan fingerprint density at radius 1 is 1.30 bits per heavy atom. The normalized spacial score (nSPS) is 9.90. The predicted octanol–water partition coefficient (Wildman–Crippen LogP) is 1.97. The van der Waals surface area contributed by atoms with Crippen molar-refractivity contribution in [1.82, 2.24) is 0 Å². The zero-order valence-corrected chi connectivity index (χ0v) is 8.06. The third-order valence-electron chi connectivity index (χ3n) is 1.87. The Morgan fingerprint density at radius 2 is 2.00 bits per heavy atom. The molecule has 0 aliphatic rings. The molecule has 0 N–H and O–H groups in total. The number of aryl methyl sites for hydroxylation is 1. The summed E-state index contributed by atoms with van der Waals surface area (Å²) in [5.41, 5.74) is 4.22. The van der Waals surface area contributed by atoms with Crippen LogP contribution in [0, 0.1) is 13.8 Å². The van der Waals surface area contributed by atoms with Crippen LogP contribution < -0.4 is 0 Å². The van der Waals surface area contributed by atoms with E-state index in [1.165, 1.54) is 16.7 Å². The van der Waals surface area contributed by atoms with Gasteiger partial charge in [0.15, 0.2) is 0 Å². The maximum atomic E-state index is 3.03. The van der Waals surface area contributed by atoms with Gasteiger partial charge in [0.05, 0.1) is 0 Å². The maximum absolute atomic E-state index is 3.03. The van der Waals surface area contributed by atoms with Crippen LogP contribution in [0.3, 0.4) is 0 Å². The van der Waals surface area contributed by atoms with Crippen molar-refractivity contribution in [3.05, 3.63) is 34.9 Å². The molecule has 0 saturated heterocycles. The van der Waals surface area contributed by atoms with Crippen LogP contribution in [0.2, 0.25) is 0 Å². The number of benzene rings is 1. The molecule has 0 spiro atoms. The summed E-state index contributed by atoms with van der Waals surface area (Å²) < 4.78 is 0. The number of rotatable bonds is 1. The van der Waals surface area contributed by atoms with Crippen molar-refractivity contribution in [3.63, 3.8) is 0 Å². The topological polar surface area (TPSA) is 0 Å². The molecule has 0 aliphatic carbocycles. The van der Waals surface area contributed by atoms with E-state index in [1.54, 1.807) is 0 Å². The van der Waals surface area contributed by atoms with Crippen molar-refractivity contribution in [3.8, 4) is 0 Å². The molecule has 1 rings (SSSR count). The van der Waals surface area contributed by atoms with Gasteiger partial charge in [-0.15, -0.1) is 0 Å². The Morgan fingerprint density at radius 3 is 2.50 bits per heavy atom. The van der Waals surface area contributed by atoms with Gasteiger partial charge in [0.1, 0.15) is 0 Å². The van der Waals surface area contributed by atoms with Crippen molar-refractivity contribution in [2.45, 2.75) is 19.2 Å². The summed E-state index contributed by atoms with van der Waals surface area (Å²) in [6, 6.07) is 6.42. The fraction of sp³-hybridized carbons (Fsp3) is 0.333. The molecule has 0 heterocycles. The van der Waals surface area contributed by atoms with Crippen LogP contribution in [0.1, 0.15) is 16.7 Å². The van der Waals surface area contributed by atoms with Crippen molar-refractivity contribution in [2.24, 2.45) is 0 Å². The van der Waals surface area contributed by atoms with Crippen molar-refractivity contribution in [1.29, 1.82) is 0 Å². The molecule has 1 aromatic rings. The summed E-state index contributed by atoms with van der Waals surface area (Å²) in [5.74, 6) is 0. The van der Waals surface area contributed by atoms with E-state index in [9.17, 15) is 0 Å². The average Bonchev–Trinajstić information content (AvgIpc) is 1.95. The molecular weight excluding hydrogens is 187 g/mol. The van der Waals surface area contributed by atoms with E-state index in [0.717, 1.165) is 5.32 Å². The van der Waals surface area contributed by atoms with Gasteiger partial charge in [-0.2, -0.15) is 0 Å². The zero-order chi connectivity index (χ0) is 7.56. The summed E-state index contributed by atoms with van der Waals surface area (Å²) in [6.45, 7) is 4.32. The van der Waals surface area contributed by atoms with E-state index in [2.05, 4.69) is 48.1 Å². The second-order valence-corrected chi connectivity index (χ2v) is 3.11. The Bertz CT molecular complexity index is 228. The van der Waals surface area contributed by atoms with Gasteiger partial charge >= 0.3 is 70.1 Å². The fourth-order valence-electron chi connectivity index (χ4n) is 0.968. The molecule has 1 radical (unpaired) electrons. The standard InChI is InChI=1S/C9H11Se/c1-7-4-3-5-9(6-10)8(7)2/h3-5H,6H2,1-2H3. The fourth-order valence-corrected chi connectivity index (χ4v) is 1.62. The van der Waals surface area contributed by atoms with Gasteiger partial charge in [0, 0.05) is 0 Å². The predicted molar refractivity (Wildman–Crippen MR) is 45.4 cm³/mol. The molecule has 0 aliphatic heterocycles. The molecule has 0 bridgehead atoms. The monoisotopic (exact) mass is 199 g/mol. The van der Waals surface area contributed by atoms with E-state index in [-0.39, 0.29) is 0 Å². The van der Waals surface area contributed by atoms with Gasteiger partial charge in [-0.05, 0) is 0 Å². The number of hydrogen-bond acceptors (Lipinski definition) is 0. The number of hydrogen-bond donors (Lipinski definition) is 0. The van der Waals surface area contributed by atoms with Crippen LogP contribution >= 0.6 is 0 Å². The first-order chi connectivity index (χ1) is 4.75. The second-order valence-electron chi connectivity index (χ2n) is 2.50. The Labute approximate surface area is 70.5 Å². The molecule has 0 fully saturated rings. The summed E-state index contributed by atoms with van der Waals surface area (Å²) >= 11 is 3.03. The summed E-state index contributed by atoms with van der Waals surface area (Å²) in [7, 11) is 0. The molecule has 53 valence electrons. The summed E-state index contributed by atoms with van der Waals surface area (Å²) in [5, 5.41) is 1.02. The molecule has 10 heavy (non-hydrogen) atoms. The van der Waals surface area contributed by atoms with Gasteiger partial charge in [-0.25, -0.2) is 0 Å². The van der Waals surface area contributed by atoms with E-state index in [4.69, 9.17) is 0 Å². The van der Waals surface area contributed by atoms with Gasteiger partial charge < -0.3 is 0 Å². The van der Waals surface area contributed by atoms with Crippen LogP contribution in [0.15, 0.2) is 18.2 Å². The van der Waals surface area contributed by atoms with Crippen LogP contribution in [0.5, 0.6) is 0 Å². The summed E-state index contributed by atoms with van der Waals surface area (Å²) in [4.78, 5) is 0. The molecule has 0 atom stereocenters. The van der Waals surface area contributed by atoms with Crippen molar-refractivity contribution < 1.29 is 0 Å². The van der Waals surface area contributed by atoms with Gasteiger partial charge in [-0.3, -0.25) is 0 Å². The van der Waals surface area contributed by atoms with Crippen LogP contribution in [0.4, 0.5) is 0 Å². The van der Waals surface area contributed by atoms with E-state index >= 15 is 0 Å². The van der Waals surface area contributed by atoms with Gasteiger partial charge in [0.2, 0.25) is 0 Å². The van der Waals surface area contributed by atoms with Crippen LogP contribution in [0.25, 0.3) is 0 Å². The Hall–Kier alpha value is -0.261. The third kappa shape index (κ3) is 1.42. The molecule has 0 unspecified atom stereocenters. The Kier molecular flexibility index (Phi) is 2.53. The SMILES string of the molecule is Cc1cccc(C[Se])c1C. The van der Waals surface area contributed by atoms with Gasteiger partial charge in [0.25, 0.3) is 0 Å². The quantitative estimate of drug-likeness (QED) is 0.605. The molecule has 0 amide bonds. The zero-order valence-electron chi connectivity index (χ0n) is 6.35. The molecule has 0 saturated carbocycles. The molecule has 1 aromatic carbocycles. The van der Waals surface area contributed by atoms with Crippen LogP contribution in [-0.4, -0.2) is 16.0 Å². The average molecular weight is 198 g/mol. The van der Waals surface area contributed by atoms with Crippen LogP contribution in [-0.2, 0) is 5.32 Å². The van der Waals surface area contributed by atoms with Gasteiger partial charge in [-0.1, -0.05) is 0 Å². The first-order valence-corrected chi connectivity index (χ1v) is 4.60. The molecule has 1 heteroatoms. The molecule has 0 nitrogen and oxygen atoms in total. The molecule has 0 aromatic heterocycles. The van der Waals surface area contributed by atoms with E-state index in [1.807, 2.05) is 0 Å². The van der Waals surface area contributed by atoms with Crippen molar-refractivity contribution in [2.75, 3.05) is 0 Å². The first-order valence-electron chi connectivity index (χ1n) is 3.39. The van der Waals surface area contributed by atoms with Crippen molar-refractivity contribution >= 4 is 16.0 Å².